The quantitative estimate of drug-likeness (QED) is 0.894. The van der Waals surface area contributed by atoms with Gasteiger partial charge in [0.15, 0.2) is 5.82 Å². The Morgan fingerprint density at radius 1 is 1.56 bits per heavy atom. The minimum Gasteiger partial charge on any atom is -0.371 e. The molecule has 0 saturated heterocycles. The van der Waals surface area contributed by atoms with Gasteiger partial charge in [0, 0.05) is 30.1 Å². The summed E-state index contributed by atoms with van der Waals surface area (Å²) in [4.78, 5) is 9.05. The van der Waals surface area contributed by atoms with E-state index in [0.29, 0.717) is 6.61 Å². The number of ether oxygens (including phenoxy) is 1. The monoisotopic (exact) mass is 249 g/mol. The van der Waals surface area contributed by atoms with Crippen molar-refractivity contribution in [3.8, 4) is 0 Å². The molecule has 0 spiro atoms. The average Bonchev–Trinajstić information content (AvgIpc) is 2.26. The van der Waals surface area contributed by atoms with Gasteiger partial charge in [0.1, 0.15) is 6.10 Å². The zero-order valence-corrected chi connectivity index (χ0v) is 11.7. The molecular weight excluding hydrogens is 226 g/mol. The first-order chi connectivity index (χ1) is 8.43. The normalized spacial score (nSPS) is 23.5. The van der Waals surface area contributed by atoms with Crippen molar-refractivity contribution in [2.24, 2.45) is 11.1 Å². The van der Waals surface area contributed by atoms with Gasteiger partial charge in [0.25, 0.3) is 0 Å². The second-order valence-corrected chi connectivity index (χ2v) is 5.88. The highest BCUT2D eigenvalue weighted by Gasteiger charge is 2.32. The number of hydrogen-bond acceptors (Lipinski definition) is 4. The lowest BCUT2D eigenvalue weighted by molar-refractivity contribution is 0.0695. The van der Waals surface area contributed by atoms with Crippen molar-refractivity contribution in [1.29, 1.82) is 0 Å². The Kier molecular flexibility index (Phi) is 3.69. The van der Waals surface area contributed by atoms with Gasteiger partial charge in [-0.25, -0.2) is 9.97 Å². The van der Waals surface area contributed by atoms with E-state index in [9.17, 15) is 0 Å². The molecule has 2 N–H and O–H groups in total. The molecule has 2 unspecified atom stereocenters. The largest absolute Gasteiger partial charge is 0.371 e. The second kappa shape index (κ2) is 4.94. The third-order valence-electron chi connectivity index (χ3n) is 3.52. The zero-order chi connectivity index (χ0) is 13.3. The summed E-state index contributed by atoms with van der Waals surface area (Å²) in [5, 5.41) is 0. The summed E-state index contributed by atoms with van der Waals surface area (Å²) in [5.41, 5.74) is 8.60. The predicted molar refractivity (Wildman–Crippen MR) is 71.1 cm³/mol. The molecule has 1 aromatic heterocycles. The first-order valence-electron chi connectivity index (χ1n) is 6.66. The Bertz CT molecular complexity index is 431. The van der Waals surface area contributed by atoms with Crippen molar-refractivity contribution in [3.63, 3.8) is 0 Å². The molecule has 0 aromatic carbocycles. The molecule has 1 heterocycles. The molecule has 1 aliphatic rings. The van der Waals surface area contributed by atoms with Crippen LogP contribution in [0, 0.1) is 5.41 Å². The first-order valence-corrected chi connectivity index (χ1v) is 6.66. The molecule has 4 nitrogen and oxygen atoms in total. The maximum Gasteiger partial charge on any atom is 0.157 e. The van der Waals surface area contributed by atoms with E-state index in [-0.39, 0.29) is 17.6 Å². The Morgan fingerprint density at radius 2 is 2.28 bits per heavy atom. The fourth-order valence-corrected chi connectivity index (χ4v) is 2.64. The van der Waals surface area contributed by atoms with Crippen LogP contribution in [0.1, 0.15) is 63.3 Å². The molecule has 0 amide bonds. The molecule has 100 valence electrons. The number of rotatable bonds is 3. The Labute approximate surface area is 109 Å². The molecule has 18 heavy (non-hydrogen) atoms. The average molecular weight is 249 g/mol. The Hall–Kier alpha value is -1.00. The highest BCUT2D eigenvalue weighted by molar-refractivity contribution is 5.26. The van der Waals surface area contributed by atoms with Crippen LogP contribution in [0.5, 0.6) is 0 Å². The lowest BCUT2D eigenvalue weighted by Crippen LogP contribution is -2.31. The van der Waals surface area contributed by atoms with Gasteiger partial charge in [-0.2, -0.15) is 0 Å². The topological polar surface area (TPSA) is 61.0 Å². The van der Waals surface area contributed by atoms with Gasteiger partial charge in [0.05, 0.1) is 0 Å². The number of aromatic nitrogens is 2. The molecule has 1 aromatic rings. The fourth-order valence-electron chi connectivity index (χ4n) is 2.64. The van der Waals surface area contributed by atoms with Crippen LogP contribution in [0.2, 0.25) is 0 Å². The van der Waals surface area contributed by atoms with Gasteiger partial charge >= 0.3 is 0 Å². The highest BCUT2D eigenvalue weighted by Crippen LogP contribution is 2.38. The van der Waals surface area contributed by atoms with E-state index >= 15 is 0 Å². The summed E-state index contributed by atoms with van der Waals surface area (Å²) < 4.78 is 5.54. The van der Waals surface area contributed by atoms with Crippen molar-refractivity contribution in [2.45, 2.75) is 52.7 Å². The number of fused-ring (bicyclic) bond motifs is 1. The summed E-state index contributed by atoms with van der Waals surface area (Å²) in [6.07, 6.45) is 3.78. The van der Waals surface area contributed by atoms with Crippen molar-refractivity contribution < 1.29 is 4.74 Å². The third kappa shape index (κ3) is 2.70. The van der Waals surface area contributed by atoms with Crippen molar-refractivity contribution in [1.82, 2.24) is 9.97 Å². The zero-order valence-electron chi connectivity index (χ0n) is 11.7. The van der Waals surface area contributed by atoms with E-state index in [4.69, 9.17) is 10.5 Å². The van der Waals surface area contributed by atoms with Gasteiger partial charge < -0.3 is 10.5 Å². The summed E-state index contributed by atoms with van der Waals surface area (Å²) in [6.45, 7) is 9.12. The van der Waals surface area contributed by atoms with Gasteiger partial charge in [-0.05, 0) is 32.1 Å². The number of nitrogens with two attached hydrogens (primary N) is 1. The lowest BCUT2D eigenvalue weighted by atomic mass is 9.74. The fraction of sp³-hybridized carbons (Fsp3) is 0.714. The third-order valence-corrected chi connectivity index (χ3v) is 3.52. The van der Waals surface area contributed by atoms with Crippen molar-refractivity contribution >= 4 is 0 Å². The molecule has 0 bridgehead atoms. The molecule has 0 fully saturated rings. The van der Waals surface area contributed by atoms with Gasteiger partial charge in [-0.3, -0.25) is 0 Å². The molecule has 0 saturated carbocycles. The van der Waals surface area contributed by atoms with Crippen LogP contribution in [0.25, 0.3) is 0 Å². The van der Waals surface area contributed by atoms with Crippen LogP contribution in [0.3, 0.4) is 0 Å². The standard InChI is InChI=1S/C14H23N3O/c1-5-18-9(2)13-16-8-10-11(15)6-14(3,4)7-12(10)17-13/h8-9,11H,5-7,15H2,1-4H3. The number of hydrogen-bond donors (Lipinski definition) is 1. The van der Waals surface area contributed by atoms with Crippen LogP contribution in [0.15, 0.2) is 6.20 Å². The van der Waals surface area contributed by atoms with E-state index in [1.807, 2.05) is 20.0 Å². The molecule has 2 rings (SSSR count). The van der Waals surface area contributed by atoms with Crippen LogP contribution >= 0.6 is 0 Å². The SMILES string of the molecule is CCOC(C)c1ncc2c(n1)CC(C)(C)CC2N. The van der Waals surface area contributed by atoms with E-state index in [0.717, 1.165) is 29.9 Å². The summed E-state index contributed by atoms with van der Waals surface area (Å²) >= 11 is 0. The maximum absolute atomic E-state index is 6.20. The Balaban J connectivity index is 2.31. The van der Waals surface area contributed by atoms with Crippen molar-refractivity contribution in [2.75, 3.05) is 6.61 Å². The first kappa shape index (κ1) is 13.4. The van der Waals surface area contributed by atoms with E-state index in [1.54, 1.807) is 0 Å². The molecule has 4 heteroatoms. The van der Waals surface area contributed by atoms with Gasteiger partial charge in [0.2, 0.25) is 0 Å². The Morgan fingerprint density at radius 3 is 2.94 bits per heavy atom. The lowest BCUT2D eigenvalue weighted by Gasteiger charge is -2.34. The summed E-state index contributed by atoms with van der Waals surface area (Å²) in [7, 11) is 0. The summed E-state index contributed by atoms with van der Waals surface area (Å²) in [5.74, 6) is 0.764. The minimum absolute atomic E-state index is 0.0541. The maximum atomic E-state index is 6.20. The predicted octanol–water partition coefficient (Wildman–Crippen LogP) is 2.55. The minimum atomic E-state index is -0.0541. The van der Waals surface area contributed by atoms with E-state index < -0.39 is 0 Å². The highest BCUT2D eigenvalue weighted by atomic mass is 16.5. The van der Waals surface area contributed by atoms with Crippen molar-refractivity contribution in [3.05, 3.63) is 23.3 Å². The molecular formula is C14H23N3O. The summed E-state index contributed by atoms with van der Waals surface area (Å²) in [6, 6.07) is 0.0557. The molecule has 2 atom stereocenters. The van der Waals surface area contributed by atoms with Crippen LogP contribution < -0.4 is 5.73 Å². The van der Waals surface area contributed by atoms with Gasteiger partial charge in [-0.15, -0.1) is 0 Å². The second-order valence-electron chi connectivity index (χ2n) is 5.88. The van der Waals surface area contributed by atoms with Crippen LogP contribution in [0.4, 0.5) is 0 Å². The molecule has 0 aliphatic heterocycles. The van der Waals surface area contributed by atoms with E-state index in [2.05, 4.69) is 23.8 Å². The van der Waals surface area contributed by atoms with E-state index in [1.165, 1.54) is 0 Å². The van der Waals surface area contributed by atoms with Crippen LogP contribution in [-0.2, 0) is 11.2 Å². The van der Waals surface area contributed by atoms with Crippen LogP contribution in [-0.4, -0.2) is 16.6 Å². The molecule has 1 aliphatic carbocycles. The number of nitrogens with zero attached hydrogens (tertiary/aromatic N) is 2. The molecule has 0 radical (unpaired) electrons. The smallest absolute Gasteiger partial charge is 0.157 e. The van der Waals surface area contributed by atoms with Gasteiger partial charge in [-0.1, -0.05) is 13.8 Å².